The number of amides is 1. The zero-order valence-electron chi connectivity index (χ0n) is 13.2. The molecule has 2 aromatic rings. The second-order valence-electron chi connectivity index (χ2n) is 6.01. The van der Waals surface area contributed by atoms with Crippen LogP contribution in [0.25, 0.3) is 0 Å². The smallest absolute Gasteiger partial charge is 0.251 e. The van der Waals surface area contributed by atoms with Crippen molar-refractivity contribution >= 4 is 5.91 Å². The van der Waals surface area contributed by atoms with Crippen molar-refractivity contribution in [3.63, 3.8) is 0 Å². The number of hydrogen-bond acceptors (Lipinski definition) is 4. The van der Waals surface area contributed by atoms with E-state index in [9.17, 15) is 9.59 Å². The average Bonchev–Trinajstić information content (AvgIpc) is 3.05. The van der Waals surface area contributed by atoms with Crippen molar-refractivity contribution in [3.05, 3.63) is 52.1 Å². The van der Waals surface area contributed by atoms with Crippen molar-refractivity contribution in [3.8, 4) is 0 Å². The maximum Gasteiger partial charge on any atom is 0.251 e. The third kappa shape index (κ3) is 3.88. The van der Waals surface area contributed by atoms with Crippen LogP contribution in [-0.2, 0) is 11.2 Å². The molecule has 1 aliphatic heterocycles. The minimum Gasteiger partial charge on any atom is -0.469 e. The number of nitrogens with one attached hydrogen (secondary N) is 1. The molecule has 0 radical (unpaired) electrons. The minimum absolute atomic E-state index is 0.131. The van der Waals surface area contributed by atoms with E-state index in [0.717, 1.165) is 30.8 Å². The van der Waals surface area contributed by atoms with Gasteiger partial charge >= 0.3 is 0 Å². The summed E-state index contributed by atoms with van der Waals surface area (Å²) < 4.78 is 5.27. The standard InChI is InChI=1S/C17H21N3O3/c1-12-18-15(10-16(21)19-12)13-4-2-8-20(11-13)17(22)7-6-14-5-3-9-23-14/h3,5,9-10,13H,2,4,6-8,11H2,1H3,(H,18,19,21). The molecule has 6 heteroatoms. The average molecular weight is 315 g/mol. The van der Waals surface area contributed by atoms with Crippen molar-refractivity contribution in [1.29, 1.82) is 0 Å². The van der Waals surface area contributed by atoms with Crippen molar-refractivity contribution in [2.45, 2.75) is 38.5 Å². The van der Waals surface area contributed by atoms with Crippen molar-refractivity contribution in [2.75, 3.05) is 13.1 Å². The molecule has 0 aliphatic carbocycles. The van der Waals surface area contributed by atoms with E-state index in [2.05, 4.69) is 9.97 Å². The third-order valence-electron chi connectivity index (χ3n) is 4.24. The van der Waals surface area contributed by atoms with E-state index < -0.39 is 0 Å². The number of furan rings is 1. The summed E-state index contributed by atoms with van der Waals surface area (Å²) in [7, 11) is 0. The summed E-state index contributed by atoms with van der Waals surface area (Å²) in [6.07, 6.45) is 4.58. The number of H-pyrrole nitrogens is 1. The summed E-state index contributed by atoms with van der Waals surface area (Å²) in [5.74, 6) is 1.72. The summed E-state index contributed by atoms with van der Waals surface area (Å²) in [6, 6.07) is 5.27. The van der Waals surface area contributed by atoms with Gasteiger partial charge in [0.2, 0.25) is 5.91 Å². The predicted octanol–water partition coefficient (Wildman–Crippen LogP) is 2.01. The number of nitrogens with zero attached hydrogens (tertiary/aromatic N) is 2. The van der Waals surface area contributed by atoms with Gasteiger partial charge in [-0.2, -0.15) is 0 Å². The fourth-order valence-corrected chi connectivity index (χ4v) is 3.10. The molecule has 1 N–H and O–H groups in total. The lowest BCUT2D eigenvalue weighted by Crippen LogP contribution is -2.39. The highest BCUT2D eigenvalue weighted by Crippen LogP contribution is 2.25. The Bertz CT molecular complexity index is 721. The molecule has 23 heavy (non-hydrogen) atoms. The number of carbonyl (C=O) groups is 1. The van der Waals surface area contributed by atoms with Gasteiger partial charge in [-0.1, -0.05) is 0 Å². The summed E-state index contributed by atoms with van der Waals surface area (Å²) in [5, 5.41) is 0. The molecular weight excluding hydrogens is 294 g/mol. The first kappa shape index (κ1) is 15.5. The summed E-state index contributed by atoms with van der Waals surface area (Å²) >= 11 is 0. The van der Waals surface area contributed by atoms with Crippen molar-refractivity contribution < 1.29 is 9.21 Å². The van der Waals surface area contributed by atoms with E-state index in [1.54, 1.807) is 19.3 Å². The van der Waals surface area contributed by atoms with Crippen LogP contribution in [0.5, 0.6) is 0 Å². The molecule has 0 spiro atoms. The molecule has 1 atom stereocenters. The Labute approximate surface area is 134 Å². The Kier molecular flexibility index (Phi) is 4.60. The van der Waals surface area contributed by atoms with Crippen molar-refractivity contribution in [1.82, 2.24) is 14.9 Å². The highest BCUT2D eigenvalue weighted by Gasteiger charge is 2.25. The number of aromatic nitrogens is 2. The lowest BCUT2D eigenvalue weighted by atomic mass is 9.94. The molecule has 1 unspecified atom stereocenters. The molecule has 3 rings (SSSR count). The zero-order chi connectivity index (χ0) is 16.2. The minimum atomic E-state index is -0.131. The summed E-state index contributed by atoms with van der Waals surface area (Å²) in [4.78, 5) is 33.0. The molecule has 0 saturated carbocycles. The van der Waals surface area contributed by atoms with Crippen LogP contribution in [0, 0.1) is 6.92 Å². The van der Waals surface area contributed by atoms with Crippen LogP contribution in [0.3, 0.4) is 0 Å². The SMILES string of the molecule is Cc1nc(C2CCCN(C(=O)CCc3ccco3)C2)cc(=O)[nH]1. The number of aryl methyl sites for hydroxylation is 2. The lowest BCUT2D eigenvalue weighted by Gasteiger charge is -2.32. The fourth-order valence-electron chi connectivity index (χ4n) is 3.10. The Morgan fingerprint density at radius 1 is 1.52 bits per heavy atom. The third-order valence-corrected chi connectivity index (χ3v) is 4.24. The van der Waals surface area contributed by atoms with Gasteiger partial charge in [0.05, 0.1) is 12.0 Å². The Morgan fingerprint density at radius 3 is 3.13 bits per heavy atom. The van der Waals surface area contributed by atoms with Crippen LogP contribution in [0.4, 0.5) is 0 Å². The Morgan fingerprint density at radius 2 is 2.39 bits per heavy atom. The lowest BCUT2D eigenvalue weighted by molar-refractivity contribution is -0.132. The molecular formula is C17H21N3O3. The van der Waals surface area contributed by atoms with Crippen LogP contribution in [-0.4, -0.2) is 33.9 Å². The first-order valence-corrected chi connectivity index (χ1v) is 8.00. The first-order chi connectivity index (χ1) is 11.1. The topological polar surface area (TPSA) is 79.2 Å². The quantitative estimate of drug-likeness (QED) is 0.936. The largest absolute Gasteiger partial charge is 0.469 e. The fraction of sp³-hybridized carbons (Fsp3) is 0.471. The van der Waals surface area contributed by atoms with Gasteiger partial charge < -0.3 is 14.3 Å². The van der Waals surface area contributed by atoms with Gasteiger partial charge in [-0.3, -0.25) is 9.59 Å². The molecule has 1 saturated heterocycles. The normalized spacial score (nSPS) is 18.1. The Balaban J connectivity index is 1.63. The van der Waals surface area contributed by atoms with Gasteiger partial charge in [0.1, 0.15) is 11.6 Å². The van der Waals surface area contributed by atoms with Crippen LogP contribution in [0.15, 0.2) is 33.7 Å². The summed E-state index contributed by atoms with van der Waals surface area (Å²) in [5.41, 5.74) is 0.656. The molecule has 0 bridgehead atoms. The van der Waals surface area contributed by atoms with E-state index in [1.165, 1.54) is 0 Å². The highest BCUT2D eigenvalue weighted by molar-refractivity contribution is 5.76. The first-order valence-electron chi connectivity index (χ1n) is 8.00. The van der Waals surface area contributed by atoms with E-state index in [4.69, 9.17) is 4.42 Å². The maximum atomic E-state index is 12.4. The summed E-state index contributed by atoms with van der Waals surface area (Å²) in [6.45, 7) is 3.18. The van der Waals surface area contributed by atoms with Crippen LogP contribution >= 0.6 is 0 Å². The van der Waals surface area contributed by atoms with Gasteiger partial charge in [-0.05, 0) is 31.9 Å². The zero-order valence-corrected chi connectivity index (χ0v) is 13.2. The number of aromatic amines is 1. The number of hydrogen-bond donors (Lipinski definition) is 1. The predicted molar refractivity (Wildman–Crippen MR) is 85.2 cm³/mol. The van der Waals surface area contributed by atoms with E-state index >= 15 is 0 Å². The van der Waals surface area contributed by atoms with E-state index in [-0.39, 0.29) is 17.4 Å². The maximum absolute atomic E-state index is 12.4. The number of carbonyl (C=O) groups excluding carboxylic acids is 1. The molecule has 1 aliphatic rings. The molecule has 0 aromatic carbocycles. The van der Waals surface area contributed by atoms with E-state index in [1.807, 2.05) is 17.0 Å². The van der Waals surface area contributed by atoms with Crippen LogP contribution in [0.1, 0.15) is 42.5 Å². The molecule has 1 fully saturated rings. The van der Waals surface area contributed by atoms with Crippen LogP contribution < -0.4 is 5.56 Å². The molecule has 122 valence electrons. The Hall–Kier alpha value is -2.37. The van der Waals surface area contributed by atoms with E-state index in [0.29, 0.717) is 25.2 Å². The van der Waals surface area contributed by atoms with Crippen LogP contribution in [0.2, 0.25) is 0 Å². The molecule has 6 nitrogen and oxygen atoms in total. The van der Waals surface area contributed by atoms with Gasteiger partial charge in [0, 0.05) is 37.9 Å². The highest BCUT2D eigenvalue weighted by atomic mass is 16.3. The molecule has 2 aromatic heterocycles. The van der Waals surface area contributed by atoms with Gasteiger partial charge in [0.25, 0.3) is 5.56 Å². The second-order valence-corrected chi connectivity index (χ2v) is 6.01. The molecule has 1 amide bonds. The van der Waals surface area contributed by atoms with Gasteiger partial charge in [0.15, 0.2) is 0 Å². The van der Waals surface area contributed by atoms with Gasteiger partial charge in [-0.15, -0.1) is 0 Å². The van der Waals surface area contributed by atoms with Crippen molar-refractivity contribution in [2.24, 2.45) is 0 Å². The monoisotopic (exact) mass is 315 g/mol. The molecule has 3 heterocycles. The number of piperidine rings is 1. The second kappa shape index (κ2) is 6.81. The number of rotatable bonds is 4. The number of likely N-dealkylation sites (tertiary alicyclic amines) is 1. The van der Waals surface area contributed by atoms with Gasteiger partial charge in [-0.25, -0.2) is 4.98 Å².